The van der Waals surface area contributed by atoms with Gasteiger partial charge < -0.3 is 10.1 Å². The van der Waals surface area contributed by atoms with Crippen LogP contribution in [0.4, 0.5) is 5.69 Å². The fraction of sp³-hybridized carbons (Fsp3) is 0.385. The summed E-state index contributed by atoms with van der Waals surface area (Å²) < 4.78 is 28.3. The molecule has 0 saturated carbocycles. The predicted octanol–water partition coefficient (Wildman–Crippen LogP) is 1.75. The first kappa shape index (κ1) is 13.9. The van der Waals surface area contributed by atoms with E-state index in [2.05, 4.69) is 5.32 Å². The van der Waals surface area contributed by atoms with Crippen molar-refractivity contribution in [1.29, 1.82) is 0 Å². The quantitative estimate of drug-likeness (QED) is 0.881. The summed E-state index contributed by atoms with van der Waals surface area (Å²) in [4.78, 5) is 0.155. The molecule has 3 N–H and O–H groups in total. The number of primary sulfonamides is 1. The Kier molecular flexibility index (Phi) is 4.11. The van der Waals surface area contributed by atoms with Gasteiger partial charge in [0.2, 0.25) is 10.0 Å². The van der Waals surface area contributed by atoms with Gasteiger partial charge in [-0.3, -0.25) is 0 Å². The third kappa shape index (κ3) is 3.71. The number of aryl methyl sites for hydroxylation is 1. The molecule has 0 radical (unpaired) electrons. The van der Waals surface area contributed by atoms with Crippen LogP contribution < -0.4 is 10.5 Å². The van der Waals surface area contributed by atoms with Crippen molar-refractivity contribution in [3.63, 3.8) is 0 Å². The van der Waals surface area contributed by atoms with Gasteiger partial charge >= 0.3 is 0 Å². The lowest BCUT2D eigenvalue weighted by molar-refractivity contribution is 0.135. The Morgan fingerprint density at radius 2 is 2.26 bits per heavy atom. The molecule has 0 saturated heterocycles. The van der Waals surface area contributed by atoms with Gasteiger partial charge in [-0.15, -0.1) is 0 Å². The molecule has 0 bridgehead atoms. The van der Waals surface area contributed by atoms with Crippen LogP contribution in [0.2, 0.25) is 0 Å². The van der Waals surface area contributed by atoms with E-state index in [1.807, 2.05) is 12.1 Å². The molecule has 2 rings (SSSR count). The number of anilines is 1. The Hall–Kier alpha value is -1.53. The highest BCUT2D eigenvalue weighted by Crippen LogP contribution is 2.19. The second-order valence-corrected chi connectivity index (χ2v) is 6.14. The molecule has 1 heterocycles. The normalized spacial score (nSPS) is 18.9. The van der Waals surface area contributed by atoms with Crippen molar-refractivity contribution < 1.29 is 13.2 Å². The van der Waals surface area contributed by atoms with Gasteiger partial charge in [0.1, 0.15) is 6.10 Å². The standard InChI is InChI=1S/C13H18N2O3S/c1-10-5-6-11(8-13(10)19(14,16)17)15-9-12-4-2-3-7-18-12/h3,5-8,12,15H,2,4,9H2,1H3,(H2,14,16,17). The van der Waals surface area contributed by atoms with Crippen molar-refractivity contribution in [1.82, 2.24) is 0 Å². The number of hydrogen-bond acceptors (Lipinski definition) is 4. The smallest absolute Gasteiger partial charge is 0.238 e. The SMILES string of the molecule is Cc1ccc(NCC2CCC=CO2)cc1S(N)(=O)=O. The molecular formula is C13H18N2O3S. The van der Waals surface area contributed by atoms with Crippen LogP contribution in [-0.2, 0) is 14.8 Å². The molecule has 104 valence electrons. The molecule has 0 aliphatic carbocycles. The number of sulfonamides is 1. The van der Waals surface area contributed by atoms with E-state index in [4.69, 9.17) is 9.88 Å². The second-order valence-electron chi connectivity index (χ2n) is 4.61. The minimum atomic E-state index is -3.68. The molecule has 1 aromatic rings. The molecular weight excluding hydrogens is 264 g/mol. The molecule has 19 heavy (non-hydrogen) atoms. The van der Waals surface area contributed by atoms with Gasteiger partial charge in [0.15, 0.2) is 0 Å². The average molecular weight is 282 g/mol. The third-order valence-electron chi connectivity index (χ3n) is 3.05. The minimum absolute atomic E-state index is 0.115. The van der Waals surface area contributed by atoms with E-state index < -0.39 is 10.0 Å². The Balaban J connectivity index is 2.07. The zero-order chi connectivity index (χ0) is 13.9. The highest BCUT2D eigenvalue weighted by molar-refractivity contribution is 7.89. The second kappa shape index (κ2) is 5.63. The van der Waals surface area contributed by atoms with Gasteiger partial charge in [-0.1, -0.05) is 6.07 Å². The van der Waals surface area contributed by atoms with Crippen molar-refractivity contribution in [2.75, 3.05) is 11.9 Å². The van der Waals surface area contributed by atoms with Gasteiger partial charge in [-0.25, -0.2) is 13.6 Å². The molecule has 1 aliphatic rings. The zero-order valence-electron chi connectivity index (χ0n) is 10.8. The summed E-state index contributed by atoms with van der Waals surface area (Å²) in [6.45, 7) is 2.36. The molecule has 1 atom stereocenters. The summed E-state index contributed by atoms with van der Waals surface area (Å²) in [5.74, 6) is 0. The maximum atomic E-state index is 11.4. The highest BCUT2D eigenvalue weighted by Gasteiger charge is 2.14. The highest BCUT2D eigenvalue weighted by atomic mass is 32.2. The van der Waals surface area contributed by atoms with Gasteiger partial charge in [0.05, 0.1) is 17.7 Å². The van der Waals surface area contributed by atoms with Crippen molar-refractivity contribution in [3.8, 4) is 0 Å². The Bertz CT molecular complexity index is 582. The predicted molar refractivity (Wildman–Crippen MR) is 74.3 cm³/mol. The van der Waals surface area contributed by atoms with Crippen LogP contribution in [0.25, 0.3) is 0 Å². The van der Waals surface area contributed by atoms with Crippen LogP contribution in [0, 0.1) is 6.92 Å². The first-order valence-corrected chi connectivity index (χ1v) is 7.69. The molecule has 0 spiro atoms. The summed E-state index contributed by atoms with van der Waals surface area (Å²) in [7, 11) is -3.68. The van der Waals surface area contributed by atoms with E-state index in [9.17, 15) is 8.42 Å². The molecule has 1 aromatic carbocycles. The maximum Gasteiger partial charge on any atom is 0.238 e. The van der Waals surface area contributed by atoms with E-state index in [-0.39, 0.29) is 11.0 Å². The van der Waals surface area contributed by atoms with E-state index in [1.165, 1.54) is 0 Å². The first-order valence-electron chi connectivity index (χ1n) is 6.14. The topological polar surface area (TPSA) is 81.4 Å². The van der Waals surface area contributed by atoms with E-state index >= 15 is 0 Å². The average Bonchev–Trinajstić information content (AvgIpc) is 2.37. The Morgan fingerprint density at radius 3 is 2.89 bits per heavy atom. The van der Waals surface area contributed by atoms with E-state index in [1.54, 1.807) is 25.3 Å². The molecule has 1 aliphatic heterocycles. The summed E-state index contributed by atoms with van der Waals surface area (Å²) in [6, 6.07) is 5.13. The number of nitrogens with two attached hydrogens (primary N) is 1. The van der Waals surface area contributed by atoms with Crippen LogP contribution >= 0.6 is 0 Å². The molecule has 0 amide bonds. The number of benzene rings is 1. The Labute approximate surface area is 113 Å². The van der Waals surface area contributed by atoms with E-state index in [0.29, 0.717) is 12.1 Å². The Morgan fingerprint density at radius 1 is 1.47 bits per heavy atom. The van der Waals surface area contributed by atoms with Gasteiger partial charge in [0.25, 0.3) is 0 Å². The van der Waals surface area contributed by atoms with Gasteiger partial charge in [-0.05, 0) is 43.5 Å². The van der Waals surface area contributed by atoms with Crippen LogP contribution in [0.5, 0.6) is 0 Å². The molecule has 6 heteroatoms. The lowest BCUT2D eigenvalue weighted by Gasteiger charge is -2.20. The molecule has 5 nitrogen and oxygen atoms in total. The zero-order valence-corrected chi connectivity index (χ0v) is 11.6. The van der Waals surface area contributed by atoms with Crippen molar-refractivity contribution in [2.45, 2.75) is 30.8 Å². The largest absolute Gasteiger partial charge is 0.497 e. The number of ether oxygens (including phenoxy) is 1. The number of hydrogen-bond donors (Lipinski definition) is 2. The molecule has 0 aromatic heterocycles. The monoisotopic (exact) mass is 282 g/mol. The summed E-state index contributed by atoms with van der Waals surface area (Å²) in [5, 5.41) is 8.35. The minimum Gasteiger partial charge on any atom is -0.497 e. The number of nitrogens with one attached hydrogen (secondary N) is 1. The number of rotatable bonds is 4. The third-order valence-corrected chi connectivity index (χ3v) is 4.10. The van der Waals surface area contributed by atoms with Crippen LogP contribution in [0.15, 0.2) is 35.4 Å². The van der Waals surface area contributed by atoms with Crippen LogP contribution in [0.1, 0.15) is 18.4 Å². The first-order chi connectivity index (χ1) is 8.97. The fourth-order valence-electron chi connectivity index (χ4n) is 1.98. The fourth-order valence-corrected chi connectivity index (χ4v) is 2.79. The lowest BCUT2D eigenvalue weighted by Crippen LogP contribution is -2.23. The van der Waals surface area contributed by atoms with Crippen molar-refractivity contribution in [2.24, 2.45) is 5.14 Å². The molecule has 1 unspecified atom stereocenters. The van der Waals surface area contributed by atoms with Gasteiger partial charge in [0, 0.05) is 5.69 Å². The maximum absolute atomic E-state index is 11.4. The van der Waals surface area contributed by atoms with E-state index in [0.717, 1.165) is 18.5 Å². The summed E-state index contributed by atoms with van der Waals surface area (Å²) in [6.07, 6.45) is 5.77. The summed E-state index contributed by atoms with van der Waals surface area (Å²) in [5.41, 5.74) is 1.37. The summed E-state index contributed by atoms with van der Waals surface area (Å²) >= 11 is 0. The van der Waals surface area contributed by atoms with Crippen LogP contribution in [0.3, 0.4) is 0 Å². The van der Waals surface area contributed by atoms with Crippen molar-refractivity contribution >= 4 is 15.7 Å². The van der Waals surface area contributed by atoms with Crippen molar-refractivity contribution in [3.05, 3.63) is 36.1 Å². The van der Waals surface area contributed by atoms with Crippen LogP contribution in [-0.4, -0.2) is 21.1 Å². The molecule has 0 fully saturated rings. The lowest BCUT2D eigenvalue weighted by atomic mass is 10.1. The van der Waals surface area contributed by atoms with Gasteiger partial charge in [-0.2, -0.15) is 0 Å². The number of allylic oxidation sites excluding steroid dienone is 1.